The fraction of sp³-hybridized carbons (Fsp3) is 0.250. The molecule has 0 unspecified atom stereocenters. The SMILES string of the molecule is O=C(CCn1nc(-c2ccc3c(c2)OCO3)ccc1=O)NCCc1cccs1. The third kappa shape index (κ3) is 4.23. The molecule has 4 rings (SSSR count). The number of aromatic nitrogens is 2. The van der Waals surface area contributed by atoms with Crippen LogP contribution >= 0.6 is 11.3 Å². The van der Waals surface area contributed by atoms with Gasteiger partial charge < -0.3 is 14.8 Å². The van der Waals surface area contributed by atoms with Gasteiger partial charge >= 0.3 is 0 Å². The van der Waals surface area contributed by atoms with E-state index in [0.29, 0.717) is 23.7 Å². The van der Waals surface area contributed by atoms with Gasteiger partial charge in [-0.3, -0.25) is 9.59 Å². The molecule has 0 bridgehead atoms. The smallest absolute Gasteiger partial charge is 0.266 e. The minimum Gasteiger partial charge on any atom is -0.454 e. The van der Waals surface area contributed by atoms with Crippen LogP contribution in [0.3, 0.4) is 0 Å². The molecular weight excluding hydrogens is 378 g/mol. The highest BCUT2D eigenvalue weighted by molar-refractivity contribution is 7.09. The minimum atomic E-state index is -0.240. The van der Waals surface area contributed by atoms with Gasteiger partial charge in [0.05, 0.1) is 12.2 Å². The molecule has 28 heavy (non-hydrogen) atoms. The summed E-state index contributed by atoms with van der Waals surface area (Å²) in [4.78, 5) is 25.4. The molecule has 1 aliphatic rings. The molecule has 1 aliphatic heterocycles. The Labute approximate surface area is 165 Å². The van der Waals surface area contributed by atoms with Gasteiger partial charge in [0.25, 0.3) is 5.56 Å². The Balaban J connectivity index is 1.37. The number of aryl methyl sites for hydroxylation is 1. The van der Waals surface area contributed by atoms with Gasteiger partial charge in [-0.05, 0) is 42.1 Å². The highest BCUT2D eigenvalue weighted by Crippen LogP contribution is 2.35. The first-order valence-electron chi connectivity index (χ1n) is 8.96. The van der Waals surface area contributed by atoms with Crippen LogP contribution in [0.4, 0.5) is 0 Å². The third-order valence-electron chi connectivity index (χ3n) is 4.36. The molecule has 2 aromatic heterocycles. The molecule has 144 valence electrons. The van der Waals surface area contributed by atoms with Gasteiger partial charge in [0.1, 0.15) is 0 Å². The van der Waals surface area contributed by atoms with Gasteiger partial charge in [-0.25, -0.2) is 4.68 Å². The van der Waals surface area contributed by atoms with Gasteiger partial charge in [0.2, 0.25) is 12.7 Å². The predicted molar refractivity (Wildman–Crippen MR) is 106 cm³/mol. The van der Waals surface area contributed by atoms with Crippen molar-refractivity contribution in [3.05, 3.63) is 63.1 Å². The quantitative estimate of drug-likeness (QED) is 0.662. The van der Waals surface area contributed by atoms with Gasteiger partial charge in [-0.15, -0.1) is 11.3 Å². The summed E-state index contributed by atoms with van der Waals surface area (Å²) in [5, 5.41) is 9.29. The number of hydrogen-bond acceptors (Lipinski definition) is 6. The zero-order valence-corrected chi connectivity index (χ0v) is 15.9. The maximum absolute atomic E-state index is 12.1. The van der Waals surface area contributed by atoms with Crippen molar-refractivity contribution in [2.45, 2.75) is 19.4 Å². The monoisotopic (exact) mass is 397 g/mol. The maximum Gasteiger partial charge on any atom is 0.266 e. The number of rotatable bonds is 7. The van der Waals surface area contributed by atoms with Gasteiger partial charge in [0, 0.05) is 29.5 Å². The summed E-state index contributed by atoms with van der Waals surface area (Å²) in [7, 11) is 0. The van der Waals surface area contributed by atoms with Gasteiger partial charge in [0.15, 0.2) is 11.5 Å². The Morgan fingerprint density at radius 2 is 2.07 bits per heavy atom. The second-order valence-corrected chi connectivity index (χ2v) is 7.31. The first-order chi connectivity index (χ1) is 13.7. The van der Waals surface area contributed by atoms with E-state index in [0.717, 1.165) is 12.0 Å². The molecule has 0 saturated carbocycles. The second kappa shape index (κ2) is 8.26. The summed E-state index contributed by atoms with van der Waals surface area (Å²) in [6, 6.07) is 12.7. The fourth-order valence-corrected chi connectivity index (χ4v) is 3.60. The van der Waals surface area contributed by atoms with E-state index in [2.05, 4.69) is 10.4 Å². The number of benzene rings is 1. The summed E-state index contributed by atoms with van der Waals surface area (Å²) in [6.45, 7) is 1.01. The minimum absolute atomic E-state index is 0.0984. The third-order valence-corrected chi connectivity index (χ3v) is 5.30. The molecule has 0 fully saturated rings. The summed E-state index contributed by atoms with van der Waals surface area (Å²) in [5.74, 6) is 1.25. The van der Waals surface area contributed by atoms with E-state index in [1.54, 1.807) is 17.4 Å². The lowest BCUT2D eigenvalue weighted by Gasteiger charge is -2.08. The molecule has 8 heteroatoms. The van der Waals surface area contributed by atoms with Crippen LogP contribution in [0.1, 0.15) is 11.3 Å². The number of fused-ring (bicyclic) bond motifs is 1. The Kier molecular flexibility index (Phi) is 5.38. The molecule has 7 nitrogen and oxygen atoms in total. The Morgan fingerprint density at radius 3 is 2.93 bits per heavy atom. The van der Waals surface area contributed by atoms with Crippen LogP contribution in [0.25, 0.3) is 11.3 Å². The second-order valence-electron chi connectivity index (χ2n) is 6.28. The lowest BCUT2D eigenvalue weighted by molar-refractivity contribution is -0.121. The molecule has 3 heterocycles. The van der Waals surface area contributed by atoms with Crippen LogP contribution in [0.2, 0.25) is 0 Å². The number of nitrogens with zero attached hydrogens (tertiary/aromatic N) is 2. The van der Waals surface area contributed by atoms with E-state index < -0.39 is 0 Å². The van der Waals surface area contributed by atoms with E-state index in [9.17, 15) is 9.59 Å². The molecule has 1 N–H and O–H groups in total. The number of amides is 1. The Bertz CT molecular complexity index is 1030. The van der Waals surface area contributed by atoms with Crippen LogP contribution in [-0.4, -0.2) is 29.0 Å². The standard InChI is InChI=1S/C20H19N3O4S/c24-19(21-9-7-15-2-1-11-28-15)8-10-23-20(25)6-4-16(22-23)14-3-5-17-18(12-14)27-13-26-17/h1-6,11-12H,7-10,13H2,(H,21,24). The molecule has 1 aromatic carbocycles. The lowest BCUT2D eigenvalue weighted by atomic mass is 10.1. The lowest BCUT2D eigenvalue weighted by Crippen LogP contribution is -2.29. The topological polar surface area (TPSA) is 82.5 Å². The number of thiophene rings is 1. The highest BCUT2D eigenvalue weighted by atomic mass is 32.1. The van der Waals surface area contributed by atoms with E-state index in [1.807, 2.05) is 35.7 Å². The number of hydrogen-bond donors (Lipinski definition) is 1. The van der Waals surface area contributed by atoms with Crippen LogP contribution < -0.4 is 20.3 Å². The Morgan fingerprint density at radius 1 is 1.18 bits per heavy atom. The van der Waals surface area contributed by atoms with E-state index in [1.165, 1.54) is 15.6 Å². The summed E-state index contributed by atoms with van der Waals surface area (Å²) < 4.78 is 12.0. The number of carbonyl (C=O) groups excluding carboxylic acids is 1. The van der Waals surface area contributed by atoms with Crippen molar-refractivity contribution in [2.24, 2.45) is 0 Å². The van der Waals surface area contributed by atoms with Crippen molar-refractivity contribution in [2.75, 3.05) is 13.3 Å². The van der Waals surface area contributed by atoms with E-state index >= 15 is 0 Å². The Hall–Kier alpha value is -3.13. The maximum atomic E-state index is 12.1. The van der Waals surface area contributed by atoms with Crippen LogP contribution in [0.15, 0.2) is 52.6 Å². The number of ether oxygens (including phenoxy) is 2. The molecule has 1 amide bonds. The zero-order valence-electron chi connectivity index (χ0n) is 15.1. The van der Waals surface area contributed by atoms with Gasteiger partial charge in [-0.1, -0.05) is 6.07 Å². The molecule has 0 radical (unpaired) electrons. The van der Waals surface area contributed by atoms with Crippen LogP contribution in [0, 0.1) is 0 Å². The number of nitrogens with one attached hydrogen (secondary N) is 1. The van der Waals surface area contributed by atoms with Crippen molar-refractivity contribution >= 4 is 17.2 Å². The molecule has 0 atom stereocenters. The van der Waals surface area contributed by atoms with Crippen molar-refractivity contribution < 1.29 is 14.3 Å². The highest BCUT2D eigenvalue weighted by Gasteiger charge is 2.15. The summed E-state index contributed by atoms with van der Waals surface area (Å²) in [5.41, 5.74) is 1.21. The molecule has 0 aliphatic carbocycles. The average Bonchev–Trinajstić information content (AvgIpc) is 3.38. The van der Waals surface area contributed by atoms with Crippen molar-refractivity contribution in [3.8, 4) is 22.8 Å². The molecule has 0 saturated heterocycles. The largest absolute Gasteiger partial charge is 0.454 e. The molecular formula is C20H19N3O4S. The van der Waals surface area contributed by atoms with Crippen molar-refractivity contribution in [3.63, 3.8) is 0 Å². The molecule has 0 spiro atoms. The van der Waals surface area contributed by atoms with E-state index in [-0.39, 0.29) is 31.2 Å². The first-order valence-corrected chi connectivity index (χ1v) is 9.84. The van der Waals surface area contributed by atoms with Crippen molar-refractivity contribution in [1.29, 1.82) is 0 Å². The predicted octanol–water partition coefficient (Wildman–Crippen LogP) is 2.45. The average molecular weight is 397 g/mol. The number of carbonyl (C=O) groups is 1. The summed E-state index contributed by atoms with van der Waals surface area (Å²) in [6.07, 6.45) is 1.00. The summed E-state index contributed by atoms with van der Waals surface area (Å²) >= 11 is 1.67. The van der Waals surface area contributed by atoms with Crippen LogP contribution in [0.5, 0.6) is 11.5 Å². The normalized spacial score (nSPS) is 12.1. The first kappa shape index (κ1) is 18.2. The van der Waals surface area contributed by atoms with Crippen LogP contribution in [-0.2, 0) is 17.8 Å². The van der Waals surface area contributed by atoms with E-state index in [4.69, 9.17) is 9.47 Å². The fourth-order valence-electron chi connectivity index (χ4n) is 2.89. The molecule has 3 aromatic rings. The zero-order chi connectivity index (χ0) is 19.3. The van der Waals surface area contributed by atoms with Gasteiger partial charge in [-0.2, -0.15) is 5.10 Å². The van der Waals surface area contributed by atoms with Crippen molar-refractivity contribution in [1.82, 2.24) is 15.1 Å².